The molecule has 0 spiro atoms. The molecule has 0 unspecified atom stereocenters. The monoisotopic (exact) mass is 332 g/mol. The number of benzene rings is 4. The Hall–Kier alpha value is -1.90. The minimum Gasteiger partial charge on any atom is -0.205 e. The van der Waals surface area contributed by atoms with E-state index in [-0.39, 0.29) is 10.4 Å². The van der Waals surface area contributed by atoms with Crippen LogP contribution in [0.4, 0.5) is 8.78 Å². The Kier molecular flexibility index (Phi) is 3.00. The zero-order chi connectivity index (χ0) is 15.4. The lowest BCUT2D eigenvalue weighted by Crippen LogP contribution is -1.90. The summed E-state index contributed by atoms with van der Waals surface area (Å²) < 4.78 is 28.2. The fraction of sp³-hybridized carbons (Fsp3) is 0. The molecule has 0 fully saturated rings. The molecule has 0 aliphatic rings. The van der Waals surface area contributed by atoms with Crippen LogP contribution in [0.5, 0.6) is 0 Å². The zero-order valence-electron chi connectivity index (χ0n) is 11.1. The lowest BCUT2D eigenvalue weighted by Gasteiger charge is -2.10. The molecule has 0 aromatic heterocycles. The minimum absolute atomic E-state index is 0.156. The van der Waals surface area contributed by atoms with Crippen LogP contribution in [0.3, 0.4) is 0 Å². The van der Waals surface area contributed by atoms with E-state index in [0.29, 0.717) is 5.39 Å². The third-order valence-electron chi connectivity index (χ3n) is 3.93. The van der Waals surface area contributed by atoms with Crippen molar-refractivity contribution in [2.45, 2.75) is 0 Å². The molecule has 0 N–H and O–H groups in total. The maximum atomic E-state index is 14.3. The summed E-state index contributed by atoms with van der Waals surface area (Å²) in [5.74, 6) is -1.71. The van der Waals surface area contributed by atoms with Crippen LogP contribution >= 0.6 is 23.2 Å². The van der Waals surface area contributed by atoms with Crippen LogP contribution in [-0.4, -0.2) is 0 Å². The van der Waals surface area contributed by atoms with E-state index in [9.17, 15) is 8.78 Å². The van der Waals surface area contributed by atoms with Crippen molar-refractivity contribution in [3.8, 4) is 0 Å². The number of hydrogen-bond acceptors (Lipinski definition) is 0. The van der Waals surface area contributed by atoms with Gasteiger partial charge in [0.1, 0.15) is 5.02 Å². The lowest BCUT2D eigenvalue weighted by molar-refractivity contribution is 0.593. The topological polar surface area (TPSA) is 0 Å². The molecular formula is C18H8Cl2F2. The van der Waals surface area contributed by atoms with Crippen LogP contribution < -0.4 is 0 Å². The molecule has 4 rings (SSSR count). The van der Waals surface area contributed by atoms with Gasteiger partial charge in [0.05, 0.1) is 5.02 Å². The Bertz CT molecular complexity index is 1070. The third-order valence-corrected chi connectivity index (χ3v) is 4.64. The van der Waals surface area contributed by atoms with Gasteiger partial charge in [0, 0.05) is 10.8 Å². The number of hydrogen-bond donors (Lipinski definition) is 0. The van der Waals surface area contributed by atoms with Gasteiger partial charge in [-0.2, -0.15) is 0 Å². The molecule has 0 saturated heterocycles. The summed E-state index contributed by atoms with van der Waals surface area (Å²) in [4.78, 5) is 0. The predicted molar refractivity (Wildman–Crippen MR) is 88.9 cm³/mol. The van der Waals surface area contributed by atoms with E-state index in [2.05, 4.69) is 0 Å². The molecule has 0 atom stereocenters. The van der Waals surface area contributed by atoms with Crippen molar-refractivity contribution in [3.63, 3.8) is 0 Å². The highest BCUT2D eigenvalue weighted by atomic mass is 35.5. The van der Waals surface area contributed by atoms with Crippen molar-refractivity contribution < 1.29 is 8.78 Å². The Morgan fingerprint density at radius 1 is 0.591 bits per heavy atom. The highest BCUT2D eigenvalue weighted by Crippen LogP contribution is 2.38. The number of fused-ring (bicyclic) bond motifs is 4. The second-order valence-corrected chi connectivity index (χ2v) is 5.92. The van der Waals surface area contributed by atoms with Crippen molar-refractivity contribution in [1.29, 1.82) is 0 Å². The van der Waals surface area contributed by atoms with E-state index in [1.807, 2.05) is 36.4 Å². The van der Waals surface area contributed by atoms with Crippen molar-refractivity contribution >= 4 is 55.5 Å². The van der Waals surface area contributed by atoms with Crippen LogP contribution in [0.15, 0.2) is 48.5 Å². The maximum Gasteiger partial charge on any atom is 0.164 e. The van der Waals surface area contributed by atoms with Crippen molar-refractivity contribution in [1.82, 2.24) is 0 Å². The number of halogens is 4. The minimum atomic E-state index is -0.923. The molecule has 0 heterocycles. The summed E-state index contributed by atoms with van der Waals surface area (Å²) >= 11 is 11.7. The average Bonchev–Trinajstić information content (AvgIpc) is 2.56. The summed E-state index contributed by atoms with van der Waals surface area (Å²) in [6.45, 7) is 0. The molecule has 4 aromatic rings. The molecule has 0 bridgehead atoms. The predicted octanol–water partition coefficient (Wildman–Crippen LogP) is 6.73. The normalized spacial score (nSPS) is 11.6. The first kappa shape index (κ1) is 13.7. The molecule has 4 heteroatoms. The standard InChI is InChI=1S/C18H8Cl2F2/c19-15-13-8-12-10(6-5-9-3-1-2-4-11(9)12)7-14(13)17(21)16(20)18(15)22/h1-8H. The Labute approximate surface area is 134 Å². The smallest absolute Gasteiger partial charge is 0.164 e. The summed E-state index contributed by atoms with van der Waals surface area (Å²) in [5, 5.41) is 3.63. The quantitative estimate of drug-likeness (QED) is 0.145. The Balaban J connectivity index is 2.27. The van der Waals surface area contributed by atoms with Crippen molar-refractivity contribution in [2.24, 2.45) is 0 Å². The maximum absolute atomic E-state index is 14.3. The van der Waals surface area contributed by atoms with Crippen molar-refractivity contribution in [2.75, 3.05) is 0 Å². The van der Waals surface area contributed by atoms with Gasteiger partial charge >= 0.3 is 0 Å². The third kappa shape index (κ3) is 1.81. The lowest BCUT2D eigenvalue weighted by atomic mass is 9.98. The largest absolute Gasteiger partial charge is 0.205 e. The SMILES string of the molecule is Fc1c(Cl)c(F)c2cc3ccc4ccccc4c3cc2c1Cl. The molecular weight excluding hydrogens is 325 g/mol. The van der Waals surface area contributed by atoms with Crippen molar-refractivity contribution in [3.05, 3.63) is 70.2 Å². The van der Waals surface area contributed by atoms with Gasteiger partial charge in [-0.25, -0.2) is 8.78 Å². The second-order valence-electron chi connectivity index (χ2n) is 5.16. The van der Waals surface area contributed by atoms with Gasteiger partial charge in [0.15, 0.2) is 11.6 Å². The molecule has 0 aliphatic heterocycles. The van der Waals surface area contributed by atoms with E-state index < -0.39 is 16.7 Å². The van der Waals surface area contributed by atoms with E-state index >= 15 is 0 Å². The summed E-state index contributed by atoms with van der Waals surface area (Å²) in [6, 6.07) is 15.1. The van der Waals surface area contributed by atoms with Gasteiger partial charge in [-0.1, -0.05) is 59.6 Å². The summed E-state index contributed by atoms with van der Waals surface area (Å²) in [5.41, 5.74) is 0. The highest BCUT2D eigenvalue weighted by molar-refractivity contribution is 6.39. The summed E-state index contributed by atoms with van der Waals surface area (Å²) in [6.07, 6.45) is 0. The van der Waals surface area contributed by atoms with Gasteiger partial charge in [-0.05, 0) is 33.7 Å². The Morgan fingerprint density at radius 2 is 1.32 bits per heavy atom. The average molecular weight is 333 g/mol. The molecule has 22 heavy (non-hydrogen) atoms. The van der Waals surface area contributed by atoms with Gasteiger partial charge in [0.25, 0.3) is 0 Å². The van der Waals surface area contributed by atoms with Crippen LogP contribution in [-0.2, 0) is 0 Å². The first-order valence-electron chi connectivity index (χ1n) is 6.65. The molecule has 0 amide bonds. The molecule has 4 aromatic carbocycles. The second kappa shape index (κ2) is 4.80. The van der Waals surface area contributed by atoms with Crippen LogP contribution in [0.25, 0.3) is 32.3 Å². The number of rotatable bonds is 0. The van der Waals surface area contributed by atoms with Gasteiger partial charge < -0.3 is 0 Å². The Morgan fingerprint density at radius 3 is 2.14 bits per heavy atom. The molecule has 0 aliphatic carbocycles. The fourth-order valence-corrected chi connectivity index (χ4v) is 3.34. The first-order valence-corrected chi connectivity index (χ1v) is 7.40. The molecule has 0 nitrogen and oxygen atoms in total. The molecule has 108 valence electrons. The molecule has 0 radical (unpaired) electrons. The van der Waals surface area contributed by atoms with E-state index in [4.69, 9.17) is 23.2 Å². The van der Waals surface area contributed by atoms with E-state index in [1.165, 1.54) is 0 Å². The van der Waals surface area contributed by atoms with E-state index in [1.54, 1.807) is 12.1 Å². The summed E-state index contributed by atoms with van der Waals surface area (Å²) in [7, 11) is 0. The van der Waals surface area contributed by atoms with Gasteiger partial charge in [-0.15, -0.1) is 0 Å². The molecule has 0 saturated carbocycles. The van der Waals surface area contributed by atoms with Gasteiger partial charge in [0.2, 0.25) is 0 Å². The van der Waals surface area contributed by atoms with E-state index in [0.717, 1.165) is 21.5 Å². The van der Waals surface area contributed by atoms with Crippen LogP contribution in [0.2, 0.25) is 10.0 Å². The fourth-order valence-electron chi connectivity index (χ4n) is 2.85. The van der Waals surface area contributed by atoms with Gasteiger partial charge in [-0.3, -0.25) is 0 Å². The first-order chi connectivity index (χ1) is 10.6. The van der Waals surface area contributed by atoms with Crippen LogP contribution in [0.1, 0.15) is 0 Å². The zero-order valence-corrected chi connectivity index (χ0v) is 12.6. The highest BCUT2D eigenvalue weighted by Gasteiger charge is 2.18. The van der Waals surface area contributed by atoms with Crippen LogP contribution in [0, 0.1) is 11.6 Å².